The Morgan fingerprint density at radius 1 is 1.11 bits per heavy atom. The van der Waals surface area contributed by atoms with E-state index in [4.69, 9.17) is 16.0 Å². The minimum Gasteiger partial charge on any atom is -0.463 e. The zero-order chi connectivity index (χ0) is 12.4. The number of halogens is 1. The quantitative estimate of drug-likeness (QED) is 0.715. The molecule has 3 rings (SSSR count). The second-order valence-electron chi connectivity index (χ2n) is 3.97. The van der Waals surface area contributed by atoms with E-state index in [2.05, 4.69) is 5.10 Å². The molecule has 0 saturated carbocycles. The van der Waals surface area contributed by atoms with E-state index in [0.717, 1.165) is 22.0 Å². The van der Waals surface area contributed by atoms with Crippen LogP contribution in [0.25, 0.3) is 11.5 Å². The Balaban J connectivity index is 1.85. The van der Waals surface area contributed by atoms with Gasteiger partial charge in [-0.15, -0.1) is 0 Å². The Hall–Kier alpha value is -2.00. The van der Waals surface area contributed by atoms with Crippen LogP contribution in [-0.2, 0) is 6.54 Å². The first-order valence-electron chi connectivity index (χ1n) is 5.64. The second-order valence-corrected chi connectivity index (χ2v) is 4.37. The number of hydrogen-bond donors (Lipinski definition) is 0. The molecule has 3 nitrogen and oxygen atoms in total. The van der Waals surface area contributed by atoms with E-state index in [9.17, 15) is 0 Å². The molecule has 0 aliphatic rings. The first-order chi connectivity index (χ1) is 8.83. The zero-order valence-corrected chi connectivity index (χ0v) is 10.3. The maximum atomic E-state index is 6.12. The predicted molar refractivity (Wildman–Crippen MR) is 70.5 cm³/mol. The van der Waals surface area contributed by atoms with E-state index in [1.165, 1.54) is 0 Å². The van der Waals surface area contributed by atoms with Gasteiger partial charge < -0.3 is 4.42 Å². The number of rotatable bonds is 3. The van der Waals surface area contributed by atoms with Crippen LogP contribution in [0, 0.1) is 0 Å². The van der Waals surface area contributed by atoms with Crippen molar-refractivity contribution in [1.29, 1.82) is 0 Å². The van der Waals surface area contributed by atoms with Gasteiger partial charge in [0.2, 0.25) is 0 Å². The lowest BCUT2D eigenvalue weighted by molar-refractivity contribution is 0.576. The summed E-state index contributed by atoms with van der Waals surface area (Å²) in [6.45, 7) is 0.653. The monoisotopic (exact) mass is 258 g/mol. The molecule has 0 aliphatic heterocycles. The molecule has 0 radical (unpaired) electrons. The summed E-state index contributed by atoms with van der Waals surface area (Å²) < 4.78 is 7.15. The van der Waals surface area contributed by atoms with Gasteiger partial charge in [-0.05, 0) is 29.8 Å². The molecule has 18 heavy (non-hydrogen) atoms. The van der Waals surface area contributed by atoms with Gasteiger partial charge in [-0.1, -0.05) is 29.8 Å². The van der Waals surface area contributed by atoms with Crippen molar-refractivity contribution >= 4 is 11.6 Å². The van der Waals surface area contributed by atoms with Crippen LogP contribution in [-0.4, -0.2) is 9.78 Å². The largest absolute Gasteiger partial charge is 0.463 e. The molecule has 0 fully saturated rings. The fourth-order valence-electron chi connectivity index (χ4n) is 1.81. The molecule has 2 aromatic heterocycles. The van der Waals surface area contributed by atoms with Gasteiger partial charge in [-0.25, -0.2) is 0 Å². The van der Waals surface area contributed by atoms with Crippen molar-refractivity contribution in [3.8, 4) is 11.5 Å². The topological polar surface area (TPSA) is 31.0 Å². The highest BCUT2D eigenvalue weighted by Gasteiger charge is 2.06. The Morgan fingerprint density at radius 3 is 2.78 bits per heavy atom. The second kappa shape index (κ2) is 4.70. The van der Waals surface area contributed by atoms with Gasteiger partial charge in [-0.2, -0.15) is 5.10 Å². The molecule has 0 N–H and O–H groups in total. The van der Waals surface area contributed by atoms with E-state index in [0.29, 0.717) is 6.54 Å². The Kier molecular flexibility index (Phi) is 2.90. The molecular formula is C14H11ClN2O. The maximum absolute atomic E-state index is 6.12. The number of nitrogens with zero attached hydrogens (tertiary/aromatic N) is 2. The van der Waals surface area contributed by atoms with E-state index in [1.54, 1.807) is 6.26 Å². The minimum absolute atomic E-state index is 0.653. The zero-order valence-electron chi connectivity index (χ0n) is 9.58. The SMILES string of the molecule is Clc1ccccc1Cn1ccc(-c2ccco2)n1. The van der Waals surface area contributed by atoms with Gasteiger partial charge in [-0.3, -0.25) is 4.68 Å². The summed E-state index contributed by atoms with van der Waals surface area (Å²) in [7, 11) is 0. The molecule has 4 heteroatoms. The van der Waals surface area contributed by atoms with Crippen LogP contribution in [0.4, 0.5) is 0 Å². The molecule has 1 aromatic carbocycles. The van der Waals surface area contributed by atoms with E-state index >= 15 is 0 Å². The summed E-state index contributed by atoms with van der Waals surface area (Å²) >= 11 is 6.12. The van der Waals surface area contributed by atoms with Crippen molar-refractivity contribution in [2.75, 3.05) is 0 Å². The molecule has 0 spiro atoms. The van der Waals surface area contributed by atoms with E-state index in [-0.39, 0.29) is 0 Å². The van der Waals surface area contributed by atoms with Gasteiger partial charge in [0.05, 0.1) is 12.8 Å². The van der Waals surface area contributed by atoms with Gasteiger partial charge in [0.25, 0.3) is 0 Å². The van der Waals surface area contributed by atoms with Crippen molar-refractivity contribution in [3.05, 3.63) is 65.5 Å². The van der Waals surface area contributed by atoms with Crippen LogP contribution in [0.1, 0.15) is 5.56 Å². The molecule has 0 bridgehead atoms. The summed E-state index contributed by atoms with van der Waals surface area (Å²) in [6.07, 6.45) is 3.56. The Bertz CT molecular complexity index is 643. The highest BCUT2D eigenvalue weighted by atomic mass is 35.5. The highest BCUT2D eigenvalue weighted by molar-refractivity contribution is 6.31. The first kappa shape index (κ1) is 11.1. The fourth-order valence-corrected chi connectivity index (χ4v) is 2.00. The standard InChI is InChI=1S/C14H11ClN2O/c15-12-5-2-1-4-11(12)10-17-8-7-13(16-17)14-6-3-9-18-14/h1-9H,10H2. The highest BCUT2D eigenvalue weighted by Crippen LogP contribution is 2.19. The molecular weight excluding hydrogens is 248 g/mol. The smallest absolute Gasteiger partial charge is 0.154 e. The number of hydrogen-bond acceptors (Lipinski definition) is 2. The molecule has 3 aromatic rings. The molecule has 0 aliphatic carbocycles. The Morgan fingerprint density at radius 2 is 2.00 bits per heavy atom. The van der Waals surface area contributed by atoms with Crippen LogP contribution < -0.4 is 0 Å². The summed E-state index contributed by atoms with van der Waals surface area (Å²) in [4.78, 5) is 0. The Labute approximate surface area is 110 Å². The van der Waals surface area contributed by atoms with Crippen LogP contribution in [0.3, 0.4) is 0 Å². The third kappa shape index (κ3) is 2.17. The van der Waals surface area contributed by atoms with Crippen molar-refractivity contribution in [3.63, 3.8) is 0 Å². The number of benzene rings is 1. The number of furan rings is 1. The van der Waals surface area contributed by atoms with E-state index < -0.39 is 0 Å². The van der Waals surface area contributed by atoms with E-state index in [1.807, 2.05) is 53.3 Å². The summed E-state index contributed by atoms with van der Waals surface area (Å²) in [5, 5.41) is 5.21. The van der Waals surface area contributed by atoms with Crippen molar-refractivity contribution < 1.29 is 4.42 Å². The van der Waals surface area contributed by atoms with Gasteiger partial charge in [0.15, 0.2) is 5.76 Å². The molecule has 90 valence electrons. The third-order valence-electron chi connectivity index (χ3n) is 2.70. The molecule has 0 atom stereocenters. The third-order valence-corrected chi connectivity index (χ3v) is 3.07. The molecule has 0 unspecified atom stereocenters. The summed E-state index contributed by atoms with van der Waals surface area (Å²) in [5.41, 5.74) is 1.88. The van der Waals surface area contributed by atoms with Crippen LogP contribution in [0.5, 0.6) is 0 Å². The summed E-state index contributed by atoms with van der Waals surface area (Å²) in [5.74, 6) is 0.771. The average molecular weight is 259 g/mol. The lowest BCUT2D eigenvalue weighted by Gasteiger charge is -2.03. The van der Waals surface area contributed by atoms with Crippen molar-refractivity contribution in [1.82, 2.24) is 9.78 Å². The molecule has 0 amide bonds. The van der Waals surface area contributed by atoms with Crippen molar-refractivity contribution in [2.45, 2.75) is 6.54 Å². The lowest BCUT2D eigenvalue weighted by atomic mass is 10.2. The minimum atomic E-state index is 0.653. The van der Waals surface area contributed by atoms with Gasteiger partial charge >= 0.3 is 0 Å². The van der Waals surface area contributed by atoms with Crippen LogP contribution in [0.15, 0.2) is 59.3 Å². The molecule has 2 heterocycles. The van der Waals surface area contributed by atoms with Crippen LogP contribution in [0.2, 0.25) is 5.02 Å². The lowest BCUT2D eigenvalue weighted by Crippen LogP contribution is -2.00. The number of aromatic nitrogens is 2. The predicted octanol–water partition coefficient (Wildman–Crippen LogP) is 3.84. The normalized spacial score (nSPS) is 10.7. The van der Waals surface area contributed by atoms with Gasteiger partial charge in [0.1, 0.15) is 5.69 Å². The first-order valence-corrected chi connectivity index (χ1v) is 6.01. The van der Waals surface area contributed by atoms with Crippen LogP contribution >= 0.6 is 11.6 Å². The van der Waals surface area contributed by atoms with Gasteiger partial charge in [0, 0.05) is 11.2 Å². The fraction of sp³-hybridized carbons (Fsp3) is 0.0714. The average Bonchev–Trinajstić information content (AvgIpc) is 3.02. The summed E-state index contributed by atoms with van der Waals surface area (Å²) in [6, 6.07) is 13.4. The maximum Gasteiger partial charge on any atom is 0.154 e. The molecule has 0 saturated heterocycles. The van der Waals surface area contributed by atoms with Crippen molar-refractivity contribution in [2.24, 2.45) is 0 Å².